The van der Waals surface area contributed by atoms with Crippen molar-refractivity contribution in [2.24, 2.45) is 0 Å². The van der Waals surface area contributed by atoms with Gasteiger partial charge in [-0.1, -0.05) is 11.6 Å². The number of fused-ring (bicyclic) bond motifs is 1. The third kappa shape index (κ3) is 2.53. The third-order valence-corrected chi connectivity index (χ3v) is 5.02. The molecule has 118 valence electrons. The summed E-state index contributed by atoms with van der Waals surface area (Å²) >= 11 is 7.53. The topological polar surface area (TPSA) is 86.8 Å². The molecule has 0 radical (unpaired) electrons. The number of aromatic amines is 1. The molecule has 0 aliphatic carbocycles. The number of carbonyl (C=O) groups is 1. The molecule has 0 saturated carbocycles. The van der Waals surface area contributed by atoms with Gasteiger partial charge in [-0.3, -0.25) is 9.89 Å². The van der Waals surface area contributed by atoms with Crippen LogP contribution in [-0.4, -0.2) is 38.7 Å². The molecule has 23 heavy (non-hydrogen) atoms. The van der Waals surface area contributed by atoms with Crippen LogP contribution in [0.25, 0.3) is 10.2 Å². The summed E-state index contributed by atoms with van der Waals surface area (Å²) in [5.74, 6) is 1.12. The minimum absolute atomic E-state index is 0.115. The van der Waals surface area contributed by atoms with Gasteiger partial charge in [-0.25, -0.2) is 9.97 Å². The maximum atomic E-state index is 12.6. The second kappa shape index (κ2) is 5.78. The number of hydrogen-bond donors (Lipinski definition) is 2. The van der Waals surface area contributed by atoms with Crippen molar-refractivity contribution < 1.29 is 4.79 Å². The van der Waals surface area contributed by atoms with Crippen LogP contribution >= 0.6 is 22.9 Å². The van der Waals surface area contributed by atoms with Gasteiger partial charge in [0.05, 0.1) is 11.6 Å². The normalized spacial score (nSPS) is 17.8. The Bertz CT molecular complexity index is 862. The number of H-pyrrole nitrogens is 1. The van der Waals surface area contributed by atoms with Crippen LogP contribution in [0.2, 0.25) is 5.02 Å². The molecule has 1 fully saturated rings. The van der Waals surface area contributed by atoms with Gasteiger partial charge >= 0.3 is 0 Å². The molecule has 0 aromatic carbocycles. The zero-order valence-corrected chi connectivity index (χ0v) is 13.6. The van der Waals surface area contributed by atoms with Gasteiger partial charge in [0.15, 0.2) is 0 Å². The maximum absolute atomic E-state index is 12.6. The van der Waals surface area contributed by atoms with E-state index >= 15 is 0 Å². The van der Waals surface area contributed by atoms with E-state index in [1.54, 1.807) is 17.7 Å². The highest BCUT2D eigenvalue weighted by molar-refractivity contribution is 7.16. The summed E-state index contributed by atoms with van der Waals surface area (Å²) in [4.78, 5) is 24.3. The van der Waals surface area contributed by atoms with E-state index in [1.807, 2.05) is 16.3 Å². The Hall–Kier alpha value is -2.19. The fourth-order valence-electron chi connectivity index (χ4n) is 2.86. The molecule has 1 amide bonds. The number of nitrogens with one attached hydrogen (secondary N) is 2. The minimum atomic E-state index is -0.285. The van der Waals surface area contributed by atoms with Gasteiger partial charge in [0, 0.05) is 6.54 Å². The van der Waals surface area contributed by atoms with E-state index in [1.165, 1.54) is 6.20 Å². The molecule has 1 saturated heterocycles. The molecule has 4 rings (SSSR count). The van der Waals surface area contributed by atoms with Crippen molar-refractivity contribution >= 4 is 50.7 Å². The molecule has 2 N–H and O–H groups in total. The Morgan fingerprint density at radius 3 is 3.22 bits per heavy atom. The van der Waals surface area contributed by atoms with Crippen molar-refractivity contribution in [3.63, 3.8) is 0 Å². The molecule has 1 aliphatic heterocycles. The van der Waals surface area contributed by atoms with Gasteiger partial charge in [0.25, 0.3) is 0 Å². The lowest BCUT2D eigenvalue weighted by Crippen LogP contribution is -2.40. The summed E-state index contributed by atoms with van der Waals surface area (Å²) in [6.07, 6.45) is 4.72. The van der Waals surface area contributed by atoms with Gasteiger partial charge in [0.2, 0.25) is 5.91 Å². The van der Waals surface area contributed by atoms with Crippen LogP contribution in [0.5, 0.6) is 0 Å². The van der Waals surface area contributed by atoms with Crippen molar-refractivity contribution in [2.45, 2.75) is 18.9 Å². The summed E-state index contributed by atoms with van der Waals surface area (Å²) in [7, 11) is 0. The summed E-state index contributed by atoms with van der Waals surface area (Å²) in [5, 5.41) is 12.7. The Morgan fingerprint density at radius 1 is 1.48 bits per heavy atom. The van der Waals surface area contributed by atoms with Crippen molar-refractivity contribution in [2.75, 3.05) is 16.8 Å². The molecule has 3 aromatic rings. The summed E-state index contributed by atoms with van der Waals surface area (Å²) in [6.45, 7) is 0.788. The molecule has 4 heterocycles. The van der Waals surface area contributed by atoms with E-state index in [0.29, 0.717) is 10.8 Å². The van der Waals surface area contributed by atoms with Crippen LogP contribution in [0, 0.1) is 0 Å². The highest BCUT2D eigenvalue weighted by Gasteiger charge is 2.33. The first-order valence-corrected chi connectivity index (χ1v) is 8.44. The number of anilines is 2. The predicted octanol–water partition coefficient (Wildman–Crippen LogP) is 2.68. The first-order chi connectivity index (χ1) is 11.2. The molecule has 0 bridgehead atoms. The molecule has 1 atom stereocenters. The van der Waals surface area contributed by atoms with Gasteiger partial charge in [0.1, 0.15) is 33.9 Å². The van der Waals surface area contributed by atoms with Crippen LogP contribution in [0.3, 0.4) is 0 Å². The Labute approximate surface area is 140 Å². The highest BCUT2D eigenvalue weighted by atomic mass is 35.5. The van der Waals surface area contributed by atoms with Crippen molar-refractivity contribution in [3.8, 4) is 0 Å². The first-order valence-electron chi connectivity index (χ1n) is 7.18. The average Bonchev–Trinajstić information content (AvgIpc) is 3.27. The van der Waals surface area contributed by atoms with Gasteiger partial charge in [-0.15, -0.1) is 11.3 Å². The van der Waals surface area contributed by atoms with Crippen LogP contribution < -0.4 is 10.2 Å². The van der Waals surface area contributed by atoms with Gasteiger partial charge < -0.3 is 10.2 Å². The average molecular weight is 349 g/mol. The lowest BCUT2D eigenvalue weighted by Gasteiger charge is -2.25. The fraction of sp³-hybridized carbons (Fsp3) is 0.286. The minimum Gasteiger partial charge on any atom is -0.344 e. The Balaban J connectivity index is 1.63. The Kier molecular flexibility index (Phi) is 3.62. The summed E-state index contributed by atoms with van der Waals surface area (Å²) < 4.78 is 0. The fourth-order valence-corrected chi connectivity index (χ4v) is 3.73. The van der Waals surface area contributed by atoms with Crippen LogP contribution in [0.1, 0.15) is 12.8 Å². The quantitative estimate of drug-likeness (QED) is 0.760. The van der Waals surface area contributed by atoms with Crippen LogP contribution in [-0.2, 0) is 4.79 Å². The summed E-state index contributed by atoms with van der Waals surface area (Å²) in [6, 6.07) is 1.71. The van der Waals surface area contributed by atoms with Gasteiger partial charge in [-0.2, -0.15) is 5.10 Å². The van der Waals surface area contributed by atoms with Crippen molar-refractivity contribution in [3.05, 3.63) is 29.0 Å². The molecular formula is C14H13ClN6OS. The second-order valence-corrected chi connectivity index (χ2v) is 6.57. The van der Waals surface area contributed by atoms with E-state index in [-0.39, 0.29) is 11.9 Å². The van der Waals surface area contributed by atoms with E-state index in [4.69, 9.17) is 11.6 Å². The van der Waals surface area contributed by atoms with E-state index in [2.05, 4.69) is 25.5 Å². The van der Waals surface area contributed by atoms with Crippen molar-refractivity contribution in [1.29, 1.82) is 0 Å². The number of carbonyl (C=O) groups excluding carboxylic acids is 1. The van der Waals surface area contributed by atoms with E-state index in [0.717, 1.165) is 35.4 Å². The molecule has 0 spiro atoms. The van der Waals surface area contributed by atoms with Gasteiger partial charge in [-0.05, 0) is 24.3 Å². The number of hydrogen-bond acceptors (Lipinski definition) is 6. The molecule has 1 unspecified atom stereocenters. The lowest BCUT2D eigenvalue weighted by atomic mass is 10.2. The number of aromatic nitrogens is 4. The van der Waals surface area contributed by atoms with E-state index < -0.39 is 0 Å². The number of amides is 1. The molecule has 7 nitrogen and oxygen atoms in total. The predicted molar refractivity (Wildman–Crippen MR) is 90.0 cm³/mol. The van der Waals surface area contributed by atoms with Crippen LogP contribution in [0.4, 0.5) is 11.6 Å². The smallest absolute Gasteiger partial charge is 0.248 e. The number of halogens is 1. The molecule has 9 heteroatoms. The third-order valence-electron chi connectivity index (χ3n) is 3.91. The first kappa shape index (κ1) is 14.4. The zero-order valence-electron chi connectivity index (χ0n) is 12.0. The maximum Gasteiger partial charge on any atom is 0.248 e. The number of nitrogens with zero attached hydrogens (tertiary/aromatic N) is 4. The number of rotatable bonds is 3. The lowest BCUT2D eigenvalue weighted by molar-refractivity contribution is -0.117. The second-order valence-electron chi connectivity index (χ2n) is 5.27. The number of thiophene rings is 1. The standard InChI is InChI=1S/C14H13ClN6OS/c15-9-6-18-20-11(9)19-13(22)10-2-1-4-21(10)12-8-3-5-23-14(8)17-7-16-12/h3,5-7,10H,1-2,4H2,(H2,18,19,20,22). The van der Waals surface area contributed by atoms with Crippen LogP contribution in [0.15, 0.2) is 24.0 Å². The molecular weight excluding hydrogens is 336 g/mol. The molecule has 3 aromatic heterocycles. The monoisotopic (exact) mass is 348 g/mol. The summed E-state index contributed by atoms with van der Waals surface area (Å²) in [5.41, 5.74) is 0. The van der Waals surface area contributed by atoms with Crippen molar-refractivity contribution in [1.82, 2.24) is 20.2 Å². The van der Waals surface area contributed by atoms with E-state index in [9.17, 15) is 4.79 Å². The zero-order chi connectivity index (χ0) is 15.8. The highest BCUT2D eigenvalue weighted by Crippen LogP contribution is 2.32. The largest absolute Gasteiger partial charge is 0.344 e. The molecule has 1 aliphatic rings. The Morgan fingerprint density at radius 2 is 2.39 bits per heavy atom. The SMILES string of the molecule is O=C(Nc1[nH]ncc1Cl)C1CCCN1c1ncnc2sccc12.